The molecule has 0 spiro atoms. The van der Waals surface area contributed by atoms with Crippen molar-refractivity contribution in [3.63, 3.8) is 0 Å². The van der Waals surface area contributed by atoms with E-state index in [0.717, 1.165) is 0 Å². The molecule has 4 aliphatic rings. The number of ketones is 1. The molecule has 0 aromatic rings. The van der Waals surface area contributed by atoms with Crippen LogP contribution in [0.15, 0.2) is 22.5 Å². The number of Topliss-reactive ketones (excluding diaryl/α,β-unsaturated/α-hetero) is 1. The average Bonchev–Trinajstić information content (AvgIpc) is 2.38. The Morgan fingerprint density at radius 3 is 2.67 bits per heavy atom. The molecule has 0 aromatic heterocycles. The Morgan fingerprint density at radius 1 is 1.52 bits per heavy atom. The van der Waals surface area contributed by atoms with Crippen LogP contribution in [-0.2, 0) is 14.3 Å². The van der Waals surface area contributed by atoms with Gasteiger partial charge in [-0.3, -0.25) is 15.0 Å². The molecule has 2 bridgehead atoms. The Balaban J connectivity index is 2.34. The Labute approximate surface area is 119 Å². The molecular weight excluding hydrogens is 280 g/mol. The molecule has 8 nitrogen and oxygen atoms in total. The number of aliphatic hydroxyl groups excluding tert-OH is 2. The zero-order chi connectivity index (χ0) is 15.7. The summed E-state index contributed by atoms with van der Waals surface area (Å²) in [5, 5.41) is 38.7. The van der Waals surface area contributed by atoms with Crippen LogP contribution < -0.4 is 5.73 Å². The van der Waals surface area contributed by atoms with Crippen molar-refractivity contribution in [1.29, 1.82) is 5.41 Å². The largest absolute Gasteiger partial charge is 0.507 e. The Hall–Kier alpha value is -2.03. The van der Waals surface area contributed by atoms with Gasteiger partial charge in [-0.05, 0) is 6.92 Å². The van der Waals surface area contributed by atoms with Crippen molar-refractivity contribution >= 4 is 17.4 Å². The first-order chi connectivity index (χ1) is 9.71. The molecule has 4 atom stereocenters. The third-order valence-electron chi connectivity index (χ3n) is 4.37. The number of ether oxygens (including phenoxy) is 1. The van der Waals surface area contributed by atoms with Crippen LogP contribution in [0.4, 0.5) is 0 Å². The lowest BCUT2D eigenvalue weighted by Gasteiger charge is -2.52. The van der Waals surface area contributed by atoms with E-state index in [1.807, 2.05) is 0 Å². The molecule has 0 radical (unpaired) electrons. The maximum Gasteiger partial charge on any atom is 0.254 e. The lowest BCUT2D eigenvalue weighted by atomic mass is 9.65. The number of carbonyl (C=O) groups is 2. The zero-order valence-electron chi connectivity index (χ0n) is 11.1. The van der Waals surface area contributed by atoms with Crippen LogP contribution in [0.3, 0.4) is 0 Å². The maximum atomic E-state index is 12.3. The summed E-state index contributed by atoms with van der Waals surface area (Å²) >= 11 is 0. The van der Waals surface area contributed by atoms with Gasteiger partial charge in [-0.1, -0.05) is 0 Å². The van der Waals surface area contributed by atoms with Crippen molar-refractivity contribution in [3.05, 3.63) is 22.5 Å². The Morgan fingerprint density at radius 2 is 2.14 bits per heavy atom. The van der Waals surface area contributed by atoms with Gasteiger partial charge in [0.15, 0.2) is 0 Å². The predicted molar refractivity (Wildman–Crippen MR) is 68.5 cm³/mol. The van der Waals surface area contributed by atoms with Crippen molar-refractivity contribution in [2.75, 3.05) is 0 Å². The van der Waals surface area contributed by atoms with Crippen LogP contribution in [-0.4, -0.2) is 56.6 Å². The Kier molecular flexibility index (Phi) is 2.65. The lowest BCUT2D eigenvalue weighted by molar-refractivity contribution is -0.210. The zero-order valence-corrected chi connectivity index (χ0v) is 11.1. The summed E-state index contributed by atoms with van der Waals surface area (Å²) in [4.78, 5) is 23.6. The number of primary amides is 1. The molecule has 2 aliphatic carbocycles. The summed E-state index contributed by atoms with van der Waals surface area (Å²) in [5.41, 5.74) is 1.34. The van der Waals surface area contributed by atoms with Gasteiger partial charge in [0.25, 0.3) is 5.91 Å². The fourth-order valence-electron chi connectivity index (χ4n) is 3.30. The number of rotatable bonds is 1. The maximum absolute atomic E-state index is 12.3. The van der Waals surface area contributed by atoms with Crippen molar-refractivity contribution < 1.29 is 29.6 Å². The average molecular weight is 294 g/mol. The molecule has 8 heteroatoms. The molecule has 21 heavy (non-hydrogen) atoms. The van der Waals surface area contributed by atoms with Gasteiger partial charge in [0.1, 0.15) is 22.6 Å². The number of amides is 1. The molecule has 4 rings (SSSR count). The van der Waals surface area contributed by atoms with E-state index in [1.165, 1.54) is 6.92 Å². The van der Waals surface area contributed by atoms with Crippen molar-refractivity contribution in [2.24, 2.45) is 5.73 Å². The molecule has 6 N–H and O–H groups in total. The van der Waals surface area contributed by atoms with E-state index in [4.69, 9.17) is 15.9 Å². The first-order valence-electron chi connectivity index (χ1n) is 6.38. The van der Waals surface area contributed by atoms with Crippen LogP contribution in [0.2, 0.25) is 0 Å². The molecule has 0 saturated carbocycles. The fourth-order valence-corrected chi connectivity index (χ4v) is 3.30. The van der Waals surface area contributed by atoms with E-state index in [1.54, 1.807) is 0 Å². The minimum Gasteiger partial charge on any atom is -0.507 e. The highest BCUT2D eigenvalue weighted by Crippen LogP contribution is 2.49. The normalized spacial score (nSPS) is 38.9. The van der Waals surface area contributed by atoms with Gasteiger partial charge in [-0.2, -0.15) is 0 Å². The number of fused-ring (bicyclic) bond motifs is 2. The van der Waals surface area contributed by atoms with Crippen LogP contribution in [0, 0.1) is 5.41 Å². The van der Waals surface area contributed by atoms with Gasteiger partial charge < -0.3 is 25.8 Å². The van der Waals surface area contributed by atoms with Crippen LogP contribution in [0.1, 0.15) is 13.3 Å². The first kappa shape index (κ1) is 13.9. The highest BCUT2D eigenvalue weighted by molar-refractivity contribution is 6.56. The number of hydrogen-bond donors (Lipinski definition) is 5. The SMILES string of the molecule is CC1OC2CC(O)C1(O)C1=C2C(=O)C(=N)C(C(N)=O)=C1O. The molecular formula is C13H14N2O6. The monoisotopic (exact) mass is 294 g/mol. The topological polar surface area (TPSA) is 154 Å². The first-order valence-corrected chi connectivity index (χ1v) is 6.38. The van der Waals surface area contributed by atoms with Gasteiger partial charge in [-0.25, -0.2) is 0 Å². The second-order valence-electron chi connectivity index (χ2n) is 5.42. The summed E-state index contributed by atoms with van der Waals surface area (Å²) in [6.45, 7) is 1.49. The van der Waals surface area contributed by atoms with Crippen molar-refractivity contribution in [2.45, 2.75) is 37.3 Å². The molecule has 1 fully saturated rings. The summed E-state index contributed by atoms with van der Waals surface area (Å²) in [7, 11) is 0. The highest BCUT2D eigenvalue weighted by Gasteiger charge is 2.61. The third-order valence-corrected chi connectivity index (χ3v) is 4.37. The smallest absolute Gasteiger partial charge is 0.254 e. The summed E-state index contributed by atoms with van der Waals surface area (Å²) in [5.74, 6) is -2.71. The van der Waals surface area contributed by atoms with E-state index in [-0.39, 0.29) is 17.6 Å². The van der Waals surface area contributed by atoms with E-state index in [2.05, 4.69) is 0 Å². The summed E-state index contributed by atoms with van der Waals surface area (Å²) in [6.07, 6.45) is -3.02. The van der Waals surface area contributed by atoms with Gasteiger partial charge in [0.2, 0.25) is 5.78 Å². The predicted octanol–water partition coefficient (Wildman–Crippen LogP) is -1.53. The molecule has 1 saturated heterocycles. The minimum absolute atomic E-state index is 0.0299. The second-order valence-corrected chi connectivity index (χ2v) is 5.42. The van der Waals surface area contributed by atoms with Gasteiger partial charge in [-0.15, -0.1) is 0 Å². The molecule has 4 unspecified atom stereocenters. The van der Waals surface area contributed by atoms with Crippen molar-refractivity contribution in [1.82, 2.24) is 0 Å². The minimum atomic E-state index is -2.02. The number of nitrogens with two attached hydrogens (primary N) is 1. The molecule has 2 heterocycles. The number of hydrogen-bond acceptors (Lipinski definition) is 7. The van der Waals surface area contributed by atoms with Gasteiger partial charge >= 0.3 is 0 Å². The number of nitrogens with one attached hydrogen (secondary N) is 1. The van der Waals surface area contributed by atoms with E-state index in [9.17, 15) is 24.9 Å². The Bertz CT molecular complexity index is 650. The molecule has 0 aromatic carbocycles. The summed E-state index contributed by atoms with van der Waals surface area (Å²) < 4.78 is 5.46. The standard InChI is InChI=1S/C13H14N2O6/c1-3-13(20)5(16)2-4(21-3)6-8(13)10(17)7(12(15)19)9(14)11(6)18/h3-5,14,16-17,20H,2H2,1H3,(H2,15,19). The summed E-state index contributed by atoms with van der Waals surface area (Å²) in [6, 6.07) is 0. The van der Waals surface area contributed by atoms with Crippen molar-refractivity contribution in [3.8, 4) is 0 Å². The molecule has 2 aliphatic heterocycles. The van der Waals surface area contributed by atoms with Crippen LogP contribution in [0.25, 0.3) is 0 Å². The van der Waals surface area contributed by atoms with Gasteiger partial charge in [0, 0.05) is 17.6 Å². The molecule has 1 amide bonds. The highest BCUT2D eigenvalue weighted by atomic mass is 16.5. The van der Waals surface area contributed by atoms with E-state index >= 15 is 0 Å². The van der Waals surface area contributed by atoms with Gasteiger partial charge in [0.05, 0.1) is 18.3 Å². The van der Waals surface area contributed by atoms with E-state index in [0.29, 0.717) is 0 Å². The quantitative estimate of drug-likeness (QED) is 0.369. The van der Waals surface area contributed by atoms with Crippen LogP contribution in [0.5, 0.6) is 0 Å². The second kappa shape index (κ2) is 4.00. The lowest BCUT2D eigenvalue weighted by Crippen LogP contribution is -2.66. The third kappa shape index (κ3) is 1.46. The number of aliphatic hydroxyl groups is 3. The van der Waals surface area contributed by atoms with E-state index < -0.39 is 52.6 Å². The molecule has 112 valence electrons. The van der Waals surface area contributed by atoms with Crippen LogP contribution >= 0.6 is 0 Å². The fraction of sp³-hybridized carbons (Fsp3) is 0.462. The number of carbonyl (C=O) groups excluding carboxylic acids is 2.